The maximum Gasteiger partial charge on any atom is 0.255 e. The molecule has 126 valence electrons. The number of carbonyl (C=O) groups is 2. The fourth-order valence-corrected chi connectivity index (χ4v) is 3.93. The predicted molar refractivity (Wildman–Crippen MR) is 97.4 cm³/mol. The van der Waals surface area contributed by atoms with Gasteiger partial charge < -0.3 is 9.30 Å². The zero-order valence-electron chi connectivity index (χ0n) is 13.8. The molecule has 0 unspecified atom stereocenters. The van der Waals surface area contributed by atoms with E-state index in [1.54, 1.807) is 0 Å². The molecule has 0 spiro atoms. The summed E-state index contributed by atoms with van der Waals surface area (Å²) < 4.78 is 1.95. The van der Waals surface area contributed by atoms with Gasteiger partial charge in [-0.3, -0.25) is 9.59 Å². The van der Waals surface area contributed by atoms with Crippen LogP contribution in [-0.4, -0.2) is 28.0 Å². The number of benzene rings is 1. The molecule has 5 heteroatoms. The van der Waals surface area contributed by atoms with E-state index in [0.717, 1.165) is 28.5 Å². The van der Waals surface area contributed by atoms with Gasteiger partial charge in [0.1, 0.15) is 0 Å². The van der Waals surface area contributed by atoms with Crippen LogP contribution in [0.4, 0.5) is 0 Å². The monoisotopic (exact) mass is 352 g/mol. The minimum absolute atomic E-state index is 0.0163. The molecule has 4 rings (SSSR count). The van der Waals surface area contributed by atoms with Crippen LogP contribution in [-0.2, 0) is 13.0 Å². The highest BCUT2D eigenvalue weighted by Crippen LogP contribution is 2.31. The van der Waals surface area contributed by atoms with Gasteiger partial charge in [0.2, 0.25) is 0 Å². The van der Waals surface area contributed by atoms with Crippen LogP contribution < -0.4 is 0 Å². The number of carbonyl (C=O) groups excluding carboxylic acids is 2. The second-order valence-corrected chi connectivity index (χ2v) is 6.79. The molecule has 1 aromatic carbocycles. The van der Waals surface area contributed by atoms with E-state index >= 15 is 0 Å². The van der Waals surface area contributed by atoms with Crippen molar-refractivity contribution in [3.8, 4) is 0 Å². The Hall–Kier alpha value is -2.59. The van der Waals surface area contributed by atoms with Crippen LogP contribution in [0.15, 0.2) is 42.7 Å². The molecule has 0 bridgehead atoms. The third-order valence-electron chi connectivity index (χ3n) is 4.85. The van der Waals surface area contributed by atoms with Gasteiger partial charge in [-0.15, -0.1) is 0 Å². The van der Waals surface area contributed by atoms with Crippen LogP contribution in [0.2, 0.25) is 5.02 Å². The number of amides is 1. The molecule has 1 aliphatic heterocycles. The number of aromatic nitrogens is 1. The standard InChI is InChI=1S/C20H17ClN2O2/c1-13-8-14-10-23(7-5-17(14)19(21)18(13)12-24)20(25)15-9-16-4-2-3-6-22(16)11-15/h2-4,6,8-9,11-12H,5,7,10H2,1H3. The van der Waals surface area contributed by atoms with E-state index in [-0.39, 0.29) is 5.91 Å². The van der Waals surface area contributed by atoms with Gasteiger partial charge in [0, 0.05) is 36.6 Å². The number of rotatable bonds is 2. The summed E-state index contributed by atoms with van der Waals surface area (Å²) in [4.78, 5) is 26.0. The molecule has 4 nitrogen and oxygen atoms in total. The van der Waals surface area contributed by atoms with Crippen molar-refractivity contribution in [2.24, 2.45) is 0 Å². The predicted octanol–water partition coefficient (Wildman–Crippen LogP) is 3.91. The van der Waals surface area contributed by atoms with E-state index in [1.165, 1.54) is 0 Å². The third-order valence-corrected chi connectivity index (χ3v) is 5.29. The zero-order valence-corrected chi connectivity index (χ0v) is 14.6. The second kappa shape index (κ2) is 6.05. The normalized spacial score (nSPS) is 13.8. The van der Waals surface area contributed by atoms with Crippen molar-refractivity contribution in [2.75, 3.05) is 6.54 Å². The molecule has 3 heterocycles. The van der Waals surface area contributed by atoms with Crippen molar-refractivity contribution >= 4 is 29.3 Å². The number of pyridine rings is 1. The molecular formula is C20H17ClN2O2. The molecule has 1 aliphatic rings. The van der Waals surface area contributed by atoms with E-state index in [0.29, 0.717) is 35.7 Å². The van der Waals surface area contributed by atoms with Gasteiger partial charge in [0.05, 0.1) is 10.6 Å². The van der Waals surface area contributed by atoms with Gasteiger partial charge in [-0.2, -0.15) is 0 Å². The van der Waals surface area contributed by atoms with Crippen LogP contribution in [0.25, 0.3) is 5.52 Å². The van der Waals surface area contributed by atoms with Crippen molar-refractivity contribution in [3.63, 3.8) is 0 Å². The van der Waals surface area contributed by atoms with Gasteiger partial charge in [-0.05, 0) is 48.2 Å². The Balaban J connectivity index is 1.66. The molecule has 2 aromatic heterocycles. The summed E-state index contributed by atoms with van der Waals surface area (Å²) in [6, 6.07) is 9.75. The summed E-state index contributed by atoms with van der Waals surface area (Å²) in [7, 11) is 0. The number of aldehydes is 1. The first-order valence-corrected chi connectivity index (χ1v) is 8.58. The second-order valence-electron chi connectivity index (χ2n) is 6.41. The molecular weight excluding hydrogens is 336 g/mol. The largest absolute Gasteiger partial charge is 0.334 e. The van der Waals surface area contributed by atoms with Crippen LogP contribution in [0, 0.1) is 6.92 Å². The maximum atomic E-state index is 12.9. The fraction of sp³-hybridized carbons (Fsp3) is 0.200. The highest BCUT2D eigenvalue weighted by Gasteiger charge is 2.25. The van der Waals surface area contributed by atoms with Crippen LogP contribution in [0.1, 0.15) is 37.4 Å². The van der Waals surface area contributed by atoms with Gasteiger partial charge in [0.15, 0.2) is 6.29 Å². The molecule has 1 amide bonds. The van der Waals surface area contributed by atoms with Gasteiger partial charge in [0.25, 0.3) is 5.91 Å². The van der Waals surface area contributed by atoms with E-state index in [9.17, 15) is 9.59 Å². The molecule has 0 saturated carbocycles. The minimum Gasteiger partial charge on any atom is -0.334 e. The summed E-state index contributed by atoms with van der Waals surface area (Å²) in [6.07, 6.45) is 5.26. The summed E-state index contributed by atoms with van der Waals surface area (Å²) >= 11 is 6.39. The quantitative estimate of drug-likeness (QED) is 0.656. The van der Waals surface area contributed by atoms with Crippen LogP contribution in [0.3, 0.4) is 0 Å². The summed E-state index contributed by atoms with van der Waals surface area (Å²) in [5, 5.41) is 0.534. The van der Waals surface area contributed by atoms with Gasteiger partial charge in [-0.25, -0.2) is 0 Å². The fourth-order valence-electron chi connectivity index (χ4n) is 3.52. The number of hydrogen-bond acceptors (Lipinski definition) is 2. The number of aryl methyl sites for hydroxylation is 1. The van der Waals surface area contributed by atoms with Crippen LogP contribution >= 0.6 is 11.6 Å². The Bertz CT molecular complexity index is 973. The molecule has 0 fully saturated rings. The third kappa shape index (κ3) is 2.63. The first-order valence-electron chi connectivity index (χ1n) is 8.20. The molecule has 25 heavy (non-hydrogen) atoms. The van der Waals surface area contributed by atoms with Gasteiger partial charge >= 0.3 is 0 Å². The SMILES string of the molecule is Cc1cc2c(c(Cl)c1C=O)CCN(C(=O)c1cc3ccccn3c1)C2. The highest BCUT2D eigenvalue weighted by molar-refractivity contribution is 6.34. The Morgan fingerprint density at radius 3 is 2.88 bits per heavy atom. The lowest BCUT2D eigenvalue weighted by Gasteiger charge is -2.30. The zero-order chi connectivity index (χ0) is 17.6. The molecule has 0 atom stereocenters. The lowest BCUT2D eigenvalue weighted by molar-refractivity contribution is 0.0734. The summed E-state index contributed by atoms with van der Waals surface area (Å²) in [5.74, 6) is 0.0163. The molecule has 0 saturated heterocycles. The van der Waals surface area contributed by atoms with E-state index in [4.69, 9.17) is 11.6 Å². The average molecular weight is 353 g/mol. The van der Waals surface area contributed by atoms with Crippen molar-refractivity contribution in [2.45, 2.75) is 19.9 Å². The van der Waals surface area contributed by atoms with Crippen molar-refractivity contribution in [1.82, 2.24) is 9.30 Å². The number of fused-ring (bicyclic) bond motifs is 2. The summed E-state index contributed by atoms with van der Waals surface area (Å²) in [5.41, 5.74) is 5.10. The molecule has 0 radical (unpaired) electrons. The number of nitrogens with zero attached hydrogens (tertiary/aromatic N) is 2. The first kappa shape index (κ1) is 15.9. The smallest absolute Gasteiger partial charge is 0.255 e. The lowest BCUT2D eigenvalue weighted by atomic mass is 9.94. The molecule has 3 aromatic rings. The van der Waals surface area contributed by atoms with E-state index < -0.39 is 0 Å². The first-order chi connectivity index (χ1) is 12.1. The molecule has 0 aliphatic carbocycles. The van der Waals surface area contributed by atoms with Crippen molar-refractivity contribution in [1.29, 1.82) is 0 Å². The summed E-state index contributed by atoms with van der Waals surface area (Å²) in [6.45, 7) is 2.98. The van der Waals surface area contributed by atoms with Crippen LogP contribution in [0.5, 0.6) is 0 Å². The topological polar surface area (TPSA) is 41.8 Å². The lowest BCUT2D eigenvalue weighted by Crippen LogP contribution is -2.36. The minimum atomic E-state index is 0.0163. The van der Waals surface area contributed by atoms with E-state index in [1.807, 2.05) is 58.9 Å². The Morgan fingerprint density at radius 1 is 1.28 bits per heavy atom. The number of halogens is 1. The van der Waals surface area contributed by atoms with Crippen molar-refractivity contribution < 1.29 is 9.59 Å². The Morgan fingerprint density at radius 2 is 2.12 bits per heavy atom. The Labute approximate surface area is 150 Å². The average Bonchev–Trinajstić information content (AvgIpc) is 3.05. The van der Waals surface area contributed by atoms with Gasteiger partial charge in [-0.1, -0.05) is 23.7 Å². The highest BCUT2D eigenvalue weighted by atomic mass is 35.5. The van der Waals surface area contributed by atoms with E-state index in [2.05, 4.69) is 0 Å². The van der Waals surface area contributed by atoms with Crippen molar-refractivity contribution in [3.05, 3.63) is 75.6 Å². The number of hydrogen-bond donors (Lipinski definition) is 0. The molecule has 0 N–H and O–H groups in total. The Kier molecular flexibility index (Phi) is 3.85. The maximum absolute atomic E-state index is 12.9.